The summed E-state index contributed by atoms with van der Waals surface area (Å²) >= 11 is 0. The Hall–Kier alpha value is -3.87. The van der Waals surface area contributed by atoms with Gasteiger partial charge in [-0.05, 0) is 17.7 Å². The topological polar surface area (TPSA) is 97.4 Å². The second-order valence-corrected chi connectivity index (χ2v) is 6.97. The predicted molar refractivity (Wildman–Crippen MR) is 108 cm³/mol. The number of rotatable bonds is 3. The molecule has 3 N–H and O–H groups in total. The number of para-hydroxylation sites is 1. The van der Waals surface area contributed by atoms with Gasteiger partial charge in [0.25, 0.3) is 5.91 Å². The fourth-order valence-corrected chi connectivity index (χ4v) is 3.70. The quantitative estimate of drug-likeness (QED) is 0.720. The van der Waals surface area contributed by atoms with Gasteiger partial charge >= 0.3 is 0 Å². The minimum Gasteiger partial charge on any atom is -0.366 e. The van der Waals surface area contributed by atoms with Crippen molar-refractivity contribution < 1.29 is 14.4 Å². The molecule has 0 fully saturated rings. The molecule has 29 heavy (non-hydrogen) atoms. The molecule has 7 heteroatoms. The van der Waals surface area contributed by atoms with Crippen LogP contribution in [0.25, 0.3) is 0 Å². The Balaban J connectivity index is 1.86. The summed E-state index contributed by atoms with van der Waals surface area (Å²) in [5.41, 5.74) is 8.27. The first-order chi connectivity index (χ1) is 14.0. The molecule has 0 spiro atoms. The predicted octanol–water partition coefficient (Wildman–Crippen LogP) is 2.31. The largest absolute Gasteiger partial charge is 0.366 e. The van der Waals surface area contributed by atoms with E-state index in [1.54, 1.807) is 11.6 Å². The highest BCUT2D eigenvalue weighted by molar-refractivity contribution is 6.02. The summed E-state index contributed by atoms with van der Waals surface area (Å²) < 4.78 is 1.55. The number of carbonyl (C=O) groups excluding carboxylic acids is 3. The van der Waals surface area contributed by atoms with E-state index in [9.17, 15) is 14.4 Å². The molecule has 4 rings (SSSR count). The van der Waals surface area contributed by atoms with Crippen molar-refractivity contribution in [3.63, 3.8) is 0 Å². The number of benzene rings is 2. The lowest BCUT2D eigenvalue weighted by atomic mass is 9.95. The second kappa shape index (κ2) is 7.27. The first-order valence-electron chi connectivity index (χ1n) is 9.16. The van der Waals surface area contributed by atoms with Crippen LogP contribution in [0.5, 0.6) is 0 Å². The van der Waals surface area contributed by atoms with Crippen LogP contribution in [-0.4, -0.2) is 33.7 Å². The SMILES string of the molecule is Cn1cc(C(N)=O)cc1C(=O)N1CC(=O)Nc2ccccc2C1c1ccccc1. The van der Waals surface area contributed by atoms with Crippen LogP contribution >= 0.6 is 0 Å². The molecule has 0 saturated carbocycles. The molecule has 7 nitrogen and oxygen atoms in total. The van der Waals surface area contributed by atoms with Gasteiger partial charge in [0.05, 0.1) is 11.6 Å². The number of aryl methyl sites for hydroxylation is 1. The summed E-state index contributed by atoms with van der Waals surface area (Å²) in [4.78, 5) is 39.2. The lowest BCUT2D eigenvalue weighted by Crippen LogP contribution is -2.39. The molecule has 146 valence electrons. The summed E-state index contributed by atoms with van der Waals surface area (Å²) in [6, 6.07) is 18.0. The molecule has 1 atom stereocenters. The summed E-state index contributed by atoms with van der Waals surface area (Å²) in [6.07, 6.45) is 1.51. The van der Waals surface area contributed by atoms with E-state index in [0.717, 1.165) is 11.1 Å². The van der Waals surface area contributed by atoms with E-state index < -0.39 is 11.9 Å². The standard InChI is InChI=1S/C22H20N4O3/c1-25-12-15(21(23)28)11-18(25)22(29)26-13-19(27)24-17-10-6-5-9-16(17)20(26)14-7-3-2-4-8-14/h2-12,20H,13H2,1H3,(H2,23,28)(H,24,27). The van der Waals surface area contributed by atoms with E-state index in [1.807, 2.05) is 54.6 Å². The Bertz CT molecular complexity index is 1100. The fraction of sp³-hybridized carbons (Fsp3) is 0.136. The fourth-order valence-electron chi connectivity index (χ4n) is 3.70. The molecule has 1 aromatic heterocycles. The van der Waals surface area contributed by atoms with E-state index in [-0.39, 0.29) is 29.6 Å². The minimum atomic E-state index is -0.613. The molecule has 3 aromatic rings. The average Bonchev–Trinajstić information content (AvgIpc) is 3.03. The number of nitrogens with zero attached hydrogens (tertiary/aromatic N) is 2. The van der Waals surface area contributed by atoms with Crippen LogP contribution in [0.15, 0.2) is 66.9 Å². The maximum absolute atomic E-state index is 13.5. The van der Waals surface area contributed by atoms with Crippen molar-refractivity contribution >= 4 is 23.4 Å². The first kappa shape index (κ1) is 18.5. The third kappa shape index (κ3) is 3.38. The molecular formula is C22H20N4O3. The third-order valence-electron chi connectivity index (χ3n) is 5.04. The summed E-state index contributed by atoms with van der Waals surface area (Å²) in [7, 11) is 1.67. The van der Waals surface area contributed by atoms with E-state index in [0.29, 0.717) is 5.69 Å². The van der Waals surface area contributed by atoms with Gasteiger partial charge in [0.15, 0.2) is 0 Å². The average molecular weight is 388 g/mol. The normalized spacial score (nSPS) is 16.0. The van der Waals surface area contributed by atoms with Crippen molar-refractivity contribution in [3.8, 4) is 0 Å². The third-order valence-corrected chi connectivity index (χ3v) is 5.04. The zero-order chi connectivity index (χ0) is 20.5. The van der Waals surface area contributed by atoms with Gasteiger partial charge in [-0.1, -0.05) is 48.5 Å². The molecule has 3 amide bonds. The van der Waals surface area contributed by atoms with Gasteiger partial charge in [0.1, 0.15) is 12.2 Å². The van der Waals surface area contributed by atoms with E-state index in [1.165, 1.54) is 17.2 Å². The Morgan fingerprint density at radius 3 is 2.45 bits per heavy atom. The zero-order valence-electron chi connectivity index (χ0n) is 15.8. The number of aromatic nitrogens is 1. The van der Waals surface area contributed by atoms with Crippen molar-refractivity contribution in [3.05, 3.63) is 89.2 Å². The molecule has 0 bridgehead atoms. The summed E-state index contributed by atoms with van der Waals surface area (Å²) in [5.74, 6) is -1.26. The molecule has 1 aliphatic heterocycles. The van der Waals surface area contributed by atoms with Gasteiger partial charge in [-0.2, -0.15) is 0 Å². The summed E-state index contributed by atoms with van der Waals surface area (Å²) in [6.45, 7) is -0.121. The van der Waals surface area contributed by atoms with Crippen molar-refractivity contribution in [2.75, 3.05) is 11.9 Å². The van der Waals surface area contributed by atoms with Crippen molar-refractivity contribution in [2.24, 2.45) is 12.8 Å². The molecule has 0 saturated heterocycles. The monoisotopic (exact) mass is 388 g/mol. The maximum Gasteiger partial charge on any atom is 0.271 e. The molecular weight excluding hydrogens is 368 g/mol. The number of hydrogen-bond donors (Lipinski definition) is 2. The second-order valence-electron chi connectivity index (χ2n) is 6.97. The van der Waals surface area contributed by atoms with E-state index in [2.05, 4.69) is 5.32 Å². The highest BCUT2D eigenvalue weighted by Crippen LogP contribution is 2.36. The van der Waals surface area contributed by atoms with Crippen LogP contribution in [0.1, 0.15) is 38.0 Å². The van der Waals surface area contributed by atoms with Gasteiger partial charge in [0.2, 0.25) is 11.8 Å². The smallest absolute Gasteiger partial charge is 0.271 e. The lowest BCUT2D eigenvalue weighted by Gasteiger charge is -2.30. The summed E-state index contributed by atoms with van der Waals surface area (Å²) in [5, 5.41) is 2.88. The molecule has 0 radical (unpaired) electrons. The van der Waals surface area contributed by atoms with Crippen LogP contribution < -0.4 is 11.1 Å². The molecule has 2 aromatic carbocycles. The maximum atomic E-state index is 13.5. The van der Waals surface area contributed by atoms with Crippen LogP contribution in [0.4, 0.5) is 5.69 Å². The van der Waals surface area contributed by atoms with Crippen molar-refractivity contribution in [2.45, 2.75) is 6.04 Å². The van der Waals surface area contributed by atoms with Gasteiger partial charge in [-0.3, -0.25) is 14.4 Å². The number of amides is 3. The molecule has 1 unspecified atom stereocenters. The minimum absolute atomic E-state index is 0.121. The van der Waals surface area contributed by atoms with Gasteiger partial charge in [0, 0.05) is 24.5 Å². The highest BCUT2D eigenvalue weighted by Gasteiger charge is 2.34. The van der Waals surface area contributed by atoms with Gasteiger partial charge in [-0.25, -0.2) is 0 Å². The Kier molecular flexibility index (Phi) is 4.64. The number of anilines is 1. The van der Waals surface area contributed by atoms with Gasteiger partial charge < -0.3 is 20.5 Å². The number of hydrogen-bond acceptors (Lipinski definition) is 3. The van der Waals surface area contributed by atoms with E-state index >= 15 is 0 Å². The Labute approximate surface area is 167 Å². The van der Waals surface area contributed by atoms with Crippen molar-refractivity contribution in [1.82, 2.24) is 9.47 Å². The van der Waals surface area contributed by atoms with Crippen LogP contribution in [0.2, 0.25) is 0 Å². The first-order valence-corrected chi connectivity index (χ1v) is 9.16. The number of carbonyl (C=O) groups is 3. The Morgan fingerprint density at radius 2 is 1.76 bits per heavy atom. The highest BCUT2D eigenvalue weighted by atomic mass is 16.2. The number of primary amides is 1. The van der Waals surface area contributed by atoms with Crippen molar-refractivity contribution in [1.29, 1.82) is 0 Å². The molecule has 1 aliphatic rings. The number of nitrogens with two attached hydrogens (primary N) is 1. The Morgan fingerprint density at radius 1 is 1.07 bits per heavy atom. The van der Waals surface area contributed by atoms with E-state index in [4.69, 9.17) is 5.73 Å². The molecule has 0 aliphatic carbocycles. The number of fused-ring (bicyclic) bond motifs is 1. The van der Waals surface area contributed by atoms with Crippen LogP contribution in [0, 0.1) is 0 Å². The lowest BCUT2D eigenvalue weighted by molar-refractivity contribution is -0.117. The number of nitrogens with one attached hydrogen (secondary N) is 1. The van der Waals surface area contributed by atoms with Gasteiger partial charge in [-0.15, -0.1) is 0 Å². The molecule has 2 heterocycles. The zero-order valence-corrected chi connectivity index (χ0v) is 15.8. The van der Waals surface area contributed by atoms with Crippen LogP contribution in [-0.2, 0) is 11.8 Å². The van der Waals surface area contributed by atoms with Crippen LogP contribution in [0.3, 0.4) is 0 Å².